The van der Waals surface area contributed by atoms with Crippen molar-refractivity contribution < 1.29 is 4.79 Å². The van der Waals surface area contributed by atoms with Crippen molar-refractivity contribution in [1.29, 1.82) is 5.26 Å². The minimum atomic E-state index is -0.353. The first-order chi connectivity index (χ1) is 6.23. The fourth-order valence-electron chi connectivity index (χ4n) is 2.09. The maximum atomic E-state index is 11.0. The van der Waals surface area contributed by atoms with Crippen LogP contribution in [0.3, 0.4) is 0 Å². The Kier molecular flexibility index (Phi) is 1.63. The highest BCUT2D eigenvalue weighted by Crippen LogP contribution is 2.59. The molecule has 0 heterocycles. The zero-order chi connectivity index (χ0) is 9.47. The van der Waals surface area contributed by atoms with E-state index in [1.165, 1.54) is 0 Å². The molecule has 0 N–H and O–H groups in total. The molecule has 0 aromatic rings. The summed E-state index contributed by atoms with van der Waals surface area (Å²) >= 11 is 0. The first kappa shape index (κ1) is 8.25. The Morgan fingerprint density at radius 3 is 2.85 bits per heavy atom. The summed E-state index contributed by atoms with van der Waals surface area (Å²) in [6.45, 7) is 3.69. The van der Waals surface area contributed by atoms with Crippen molar-refractivity contribution in [3.05, 3.63) is 24.3 Å². The Balaban J connectivity index is 2.26. The van der Waals surface area contributed by atoms with Gasteiger partial charge in [-0.25, -0.2) is 0 Å². The van der Waals surface area contributed by atoms with E-state index in [4.69, 9.17) is 5.26 Å². The molecule has 0 amide bonds. The van der Waals surface area contributed by atoms with Gasteiger partial charge >= 0.3 is 0 Å². The molecule has 2 unspecified atom stereocenters. The Morgan fingerprint density at radius 2 is 2.46 bits per heavy atom. The molecule has 1 saturated carbocycles. The number of allylic oxidation sites excluding steroid dienone is 3. The summed E-state index contributed by atoms with van der Waals surface area (Å²) in [5.41, 5.74) is 0.679. The average molecular weight is 173 g/mol. The molecule has 2 nitrogen and oxygen atoms in total. The average Bonchev–Trinajstić information content (AvgIpc) is 2.73. The van der Waals surface area contributed by atoms with Gasteiger partial charge in [-0.15, -0.1) is 6.58 Å². The highest BCUT2D eigenvalue weighted by molar-refractivity contribution is 5.93. The first-order valence-electron chi connectivity index (χ1n) is 4.50. The predicted molar refractivity (Wildman–Crippen MR) is 48.7 cm³/mol. The van der Waals surface area contributed by atoms with Gasteiger partial charge in [-0.3, -0.25) is 4.79 Å². The van der Waals surface area contributed by atoms with Gasteiger partial charge in [0, 0.05) is 12.3 Å². The molecule has 0 aromatic carbocycles. The molecule has 2 rings (SSSR count). The summed E-state index contributed by atoms with van der Waals surface area (Å²) < 4.78 is 0. The molecule has 1 fully saturated rings. The molecule has 2 heteroatoms. The van der Waals surface area contributed by atoms with Crippen molar-refractivity contribution in [2.75, 3.05) is 0 Å². The van der Waals surface area contributed by atoms with E-state index < -0.39 is 0 Å². The van der Waals surface area contributed by atoms with Gasteiger partial charge in [0.1, 0.15) is 0 Å². The van der Waals surface area contributed by atoms with Crippen LogP contribution < -0.4 is 0 Å². The van der Waals surface area contributed by atoms with Crippen LogP contribution in [-0.4, -0.2) is 5.78 Å². The van der Waals surface area contributed by atoms with Gasteiger partial charge in [-0.1, -0.05) is 6.08 Å². The van der Waals surface area contributed by atoms with Crippen LogP contribution >= 0.6 is 0 Å². The monoisotopic (exact) mass is 173 g/mol. The maximum absolute atomic E-state index is 11.0. The van der Waals surface area contributed by atoms with Gasteiger partial charge in [0.2, 0.25) is 0 Å². The molecular weight excluding hydrogens is 162 g/mol. The highest BCUT2D eigenvalue weighted by atomic mass is 16.1. The van der Waals surface area contributed by atoms with Crippen LogP contribution in [-0.2, 0) is 4.79 Å². The minimum Gasteiger partial charge on any atom is -0.295 e. The van der Waals surface area contributed by atoms with E-state index in [0.717, 1.165) is 18.4 Å². The lowest BCUT2D eigenvalue weighted by atomic mass is 9.94. The van der Waals surface area contributed by atoms with Crippen molar-refractivity contribution in [1.82, 2.24) is 0 Å². The van der Waals surface area contributed by atoms with E-state index in [2.05, 4.69) is 12.6 Å². The van der Waals surface area contributed by atoms with E-state index in [-0.39, 0.29) is 17.1 Å². The summed E-state index contributed by atoms with van der Waals surface area (Å²) in [5.74, 6) is 0.439. The molecule has 13 heavy (non-hydrogen) atoms. The topological polar surface area (TPSA) is 40.9 Å². The number of rotatable bonds is 2. The van der Waals surface area contributed by atoms with E-state index in [1.807, 2.05) is 6.08 Å². The number of carbonyl (C=O) groups is 1. The summed E-state index contributed by atoms with van der Waals surface area (Å²) in [4.78, 5) is 11.0. The second-order valence-corrected chi connectivity index (χ2v) is 3.77. The largest absolute Gasteiger partial charge is 0.295 e. The Bertz CT molecular complexity index is 348. The molecule has 66 valence electrons. The third kappa shape index (κ3) is 1.04. The van der Waals surface area contributed by atoms with Gasteiger partial charge in [-0.05, 0) is 24.5 Å². The van der Waals surface area contributed by atoms with Gasteiger partial charge in [0.05, 0.1) is 11.5 Å². The number of carbonyl (C=O) groups excluding carboxylic acids is 1. The SMILES string of the molecule is C=CC1CC1(C#N)C1=CC(=O)CC1. The summed E-state index contributed by atoms with van der Waals surface area (Å²) in [6, 6.07) is 2.32. The van der Waals surface area contributed by atoms with E-state index in [9.17, 15) is 4.79 Å². The van der Waals surface area contributed by atoms with Crippen molar-refractivity contribution in [2.24, 2.45) is 11.3 Å². The Morgan fingerprint density at radius 1 is 1.69 bits per heavy atom. The first-order valence-corrected chi connectivity index (χ1v) is 4.50. The predicted octanol–water partition coefficient (Wildman–Crippen LogP) is 1.99. The zero-order valence-corrected chi connectivity index (χ0v) is 7.42. The molecular formula is C11H11NO. The normalized spacial score (nSPS) is 36.7. The molecule has 0 aliphatic heterocycles. The van der Waals surface area contributed by atoms with Crippen LogP contribution in [0.25, 0.3) is 0 Å². The zero-order valence-electron chi connectivity index (χ0n) is 7.42. The second-order valence-electron chi connectivity index (χ2n) is 3.77. The quantitative estimate of drug-likeness (QED) is 0.599. The van der Waals surface area contributed by atoms with Gasteiger partial charge in [0.15, 0.2) is 5.78 Å². The number of hydrogen-bond donors (Lipinski definition) is 0. The summed E-state index contributed by atoms with van der Waals surface area (Å²) in [6.07, 6.45) is 5.70. The number of hydrogen-bond acceptors (Lipinski definition) is 2. The molecule has 0 spiro atoms. The van der Waals surface area contributed by atoms with Crippen molar-refractivity contribution in [2.45, 2.75) is 19.3 Å². The summed E-state index contributed by atoms with van der Waals surface area (Å²) in [7, 11) is 0. The fraction of sp³-hybridized carbons (Fsp3) is 0.455. The minimum absolute atomic E-state index is 0.166. The van der Waals surface area contributed by atoms with Crippen LogP contribution in [0.15, 0.2) is 24.3 Å². The fourth-order valence-corrected chi connectivity index (χ4v) is 2.09. The maximum Gasteiger partial charge on any atom is 0.156 e. The van der Waals surface area contributed by atoms with E-state index in [1.54, 1.807) is 6.08 Å². The van der Waals surface area contributed by atoms with Crippen molar-refractivity contribution in [3.63, 3.8) is 0 Å². The van der Waals surface area contributed by atoms with Crippen LogP contribution in [0.1, 0.15) is 19.3 Å². The van der Waals surface area contributed by atoms with Crippen LogP contribution in [0, 0.1) is 22.7 Å². The number of ketones is 1. The van der Waals surface area contributed by atoms with E-state index >= 15 is 0 Å². The van der Waals surface area contributed by atoms with Crippen LogP contribution in [0.5, 0.6) is 0 Å². The molecule has 2 aliphatic rings. The van der Waals surface area contributed by atoms with Crippen LogP contribution in [0.2, 0.25) is 0 Å². The van der Waals surface area contributed by atoms with Crippen molar-refractivity contribution >= 4 is 5.78 Å². The van der Waals surface area contributed by atoms with Crippen LogP contribution in [0.4, 0.5) is 0 Å². The standard InChI is InChI=1S/C11H11NO/c1-2-8-6-11(8,7-12)9-3-4-10(13)5-9/h2,5,8H,1,3-4,6H2. The molecule has 0 saturated heterocycles. The number of nitrogens with zero attached hydrogens (tertiary/aromatic N) is 1. The Hall–Kier alpha value is -1.36. The molecule has 2 atom stereocenters. The lowest BCUT2D eigenvalue weighted by molar-refractivity contribution is -0.114. The molecule has 2 aliphatic carbocycles. The smallest absolute Gasteiger partial charge is 0.156 e. The number of nitriles is 1. The lowest BCUT2D eigenvalue weighted by Gasteiger charge is -2.06. The van der Waals surface area contributed by atoms with Gasteiger partial charge in [-0.2, -0.15) is 5.26 Å². The lowest BCUT2D eigenvalue weighted by Crippen LogP contribution is -2.02. The molecule has 0 bridgehead atoms. The third-order valence-corrected chi connectivity index (χ3v) is 3.05. The van der Waals surface area contributed by atoms with Gasteiger partial charge < -0.3 is 0 Å². The Labute approximate surface area is 77.6 Å². The molecule has 0 radical (unpaired) electrons. The summed E-state index contributed by atoms with van der Waals surface area (Å²) in [5, 5.41) is 9.05. The molecule has 0 aromatic heterocycles. The van der Waals surface area contributed by atoms with Crippen molar-refractivity contribution in [3.8, 4) is 6.07 Å². The van der Waals surface area contributed by atoms with Gasteiger partial charge in [0.25, 0.3) is 0 Å². The second kappa shape index (κ2) is 2.56. The van der Waals surface area contributed by atoms with E-state index in [0.29, 0.717) is 6.42 Å². The highest BCUT2D eigenvalue weighted by Gasteiger charge is 2.56. The third-order valence-electron chi connectivity index (χ3n) is 3.05.